The van der Waals surface area contributed by atoms with Gasteiger partial charge in [0.25, 0.3) is 0 Å². The van der Waals surface area contributed by atoms with Crippen LogP contribution < -0.4 is 0 Å². The van der Waals surface area contributed by atoms with E-state index in [0.717, 1.165) is 56.9 Å². The van der Waals surface area contributed by atoms with Crippen LogP contribution in [-0.2, 0) is 22.5 Å². The molecule has 4 aromatic rings. The Kier molecular flexibility index (Phi) is 7.13. The number of aromatic nitrogens is 3. The summed E-state index contributed by atoms with van der Waals surface area (Å²) >= 11 is 6.46. The van der Waals surface area contributed by atoms with Gasteiger partial charge in [-0.15, -0.1) is 0 Å². The summed E-state index contributed by atoms with van der Waals surface area (Å²) in [5.74, 6) is 0.620. The second-order valence-corrected chi connectivity index (χ2v) is 8.61. The zero-order valence-electron chi connectivity index (χ0n) is 19.9. The van der Waals surface area contributed by atoms with Crippen LogP contribution in [0.3, 0.4) is 0 Å². The first kappa shape index (κ1) is 23.7. The Bertz CT molecular complexity index is 1370. The first-order valence-electron chi connectivity index (χ1n) is 11.5. The minimum Gasteiger partial charge on any atom is -0.463 e. The molecule has 6 heteroatoms. The summed E-state index contributed by atoms with van der Waals surface area (Å²) in [6.07, 6.45) is 2.33. The van der Waals surface area contributed by atoms with E-state index >= 15 is 0 Å². The highest BCUT2D eigenvalue weighted by molar-refractivity contribution is 6.32. The highest BCUT2D eigenvalue weighted by atomic mass is 35.5. The van der Waals surface area contributed by atoms with Crippen molar-refractivity contribution < 1.29 is 9.53 Å². The minimum atomic E-state index is -0.393. The van der Waals surface area contributed by atoms with Crippen molar-refractivity contribution in [3.05, 3.63) is 99.5 Å². The topological polar surface area (TPSA) is 57.0 Å². The number of fused-ring (bicyclic) bond motifs is 1. The van der Waals surface area contributed by atoms with Crippen LogP contribution in [0.15, 0.2) is 60.7 Å². The maximum absolute atomic E-state index is 12.3. The zero-order valence-corrected chi connectivity index (χ0v) is 20.7. The lowest BCUT2D eigenvalue weighted by atomic mass is 9.96. The van der Waals surface area contributed by atoms with Gasteiger partial charge < -0.3 is 9.30 Å². The Morgan fingerprint density at radius 3 is 2.47 bits per heavy atom. The molecule has 0 radical (unpaired) electrons. The maximum Gasteiger partial charge on any atom is 0.331 e. The van der Waals surface area contributed by atoms with Crippen LogP contribution in [0.25, 0.3) is 16.7 Å². The molecule has 5 nitrogen and oxygen atoms in total. The average Bonchev–Trinajstić information content (AvgIpc) is 3.16. The van der Waals surface area contributed by atoms with Gasteiger partial charge in [0.1, 0.15) is 11.3 Å². The summed E-state index contributed by atoms with van der Waals surface area (Å²) < 4.78 is 7.35. The third-order valence-corrected chi connectivity index (χ3v) is 6.07. The van der Waals surface area contributed by atoms with Crippen LogP contribution in [0.1, 0.15) is 47.6 Å². The van der Waals surface area contributed by atoms with E-state index < -0.39 is 5.97 Å². The SMILES string of the molecule is CCOC(=O)/C=C(\c1ccc(Cn2c(CC)nc3c(C)cc(C)nc32)cc1)c1ccccc1Cl. The van der Waals surface area contributed by atoms with Gasteiger partial charge in [0, 0.05) is 28.8 Å². The molecule has 34 heavy (non-hydrogen) atoms. The second kappa shape index (κ2) is 10.2. The van der Waals surface area contributed by atoms with E-state index in [0.29, 0.717) is 18.2 Å². The number of esters is 1. The summed E-state index contributed by atoms with van der Waals surface area (Å²) in [5.41, 5.74) is 7.52. The van der Waals surface area contributed by atoms with Crippen molar-refractivity contribution in [3.8, 4) is 0 Å². The lowest BCUT2D eigenvalue weighted by Crippen LogP contribution is -2.06. The molecule has 0 aliphatic heterocycles. The third kappa shape index (κ3) is 4.90. The molecule has 0 unspecified atom stereocenters. The molecule has 4 rings (SSSR count). The summed E-state index contributed by atoms with van der Waals surface area (Å²) in [6, 6.07) is 17.7. The number of carbonyl (C=O) groups is 1. The number of ether oxygens (including phenoxy) is 1. The van der Waals surface area contributed by atoms with Gasteiger partial charge >= 0.3 is 5.97 Å². The molecule has 0 spiro atoms. The number of pyridine rings is 1. The number of hydrogen-bond acceptors (Lipinski definition) is 4. The number of hydrogen-bond donors (Lipinski definition) is 0. The van der Waals surface area contributed by atoms with Crippen molar-refractivity contribution in [2.45, 2.75) is 40.7 Å². The van der Waals surface area contributed by atoms with Crippen LogP contribution in [0.4, 0.5) is 0 Å². The van der Waals surface area contributed by atoms with Gasteiger partial charge in [-0.25, -0.2) is 14.8 Å². The number of aryl methyl sites for hydroxylation is 3. The molecule has 2 aromatic heterocycles. The molecule has 174 valence electrons. The Labute approximate surface area is 205 Å². The zero-order chi connectivity index (χ0) is 24.2. The van der Waals surface area contributed by atoms with Crippen molar-refractivity contribution in [1.82, 2.24) is 14.5 Å². The van der Waals surface area contributed by atoms with Crippen molar-refractivity contribution in [2.24, 2.45) is 0 Å². The normalized spacial score (nSPS) is 11.7. The Balaban J connectivity index is 1.71. The van der Waals surface area contributed by atoms with Crippen molar-refractivity contribution in [2.75, 3.05) is 6.61 Å². The van der Waals surface area contributed by atoms with E-state index in [-0.39, 0.29) is 0 Å². The van der Waals surface area contributed by atoms with E-state index in [1.54, 1.807) is 6.92 Å². The van der Waals surface area contributed by atoms with E-state index in [1.165, 1.54) is 6.08 Å². The number of halogens is 1. The number of carbonyl (C=O) groups excluding carboxylic acids is 1. The van der Waals surface area contributed by atoms with Gasteiger partial charge in [-0.05, 0) is 55.2 Å². The molecule has 0 bridgehead atoms. The Hall–Kier alpha value is -3.44. The number of benzene rings is 2. The molecule has 2 aromatic carbocycles. The number of nitrogens with zero attached hydrogens (tertiary/aromatic N) is 3. The van der Waals surface area contributed by atoms with Crippen LogP contribution in [-0.4, -0.2) is 27.1 Å². The average molecular weight is 474 g/mol. The smallest absolute Gasteiger partial charge is 0.331 e. The van der Waals surface area contributed by atoms with Gasteiger partial charge in [-0.2, -0.15) is 0 Å². The van der Waals surface area contributed by atoms with Gasteiger partial charge in [0.15, 0.2) is 5.65 Å². The molecule has 0 saturated carbocycles. The van der Waals surface area contributed by atoms with Crippen molar-refractivity contribution in [3.63, 3.8) is 0 Å². The molecule has 0 saturated heterocycles. The molecule has 0 atom stereocenters. The standard InChI is InChI=1S/C28H28ClN3O2/c1-5-25-31-27-18(3)15-19(4)30-28(27)32(25)17-20-11-13-21(14-12-20)23(16-26(33)34-6-2)22-9-7-8-10-24(22)29/h7-16H,5-6,17H2,1-4H3/b23-16+. The molecular formula is C28H28ClN3O2. The monoisotopic (exact) mass is 473 g/mol. The summed E-state index contributed by atoms with van der Waals surface area (Å²) in [6.45, 7) is 8.97. The molecule has 0 aliphatic carbocycles. The van der Waals surface area contributed by atoms with Crippen LogP contribution in [0.5, 0.6) is 0 Å². The van der Waals surface area contributed by atoms with E-state index in [4.69, 9.17) is 26.3 Å². The molecular weight excluding hydrogens is 446 g/mol. The fourth-order valence-electron chi connectivity index (χ4n) is 4.15. The van der Waals surface area contributed by atoms with Gasteiger partial charge in [0.2, 0.25) is 0 Å². The predicted molar refractivity (Wildman–Crippen MR) is 137 cm³/mol. The molecule has 2 heterocycles. The Morgan fingerprint density at radius 2 is 1.79 bits per heavy atom. The largest absolute Gasteiger partial charge is 0.463 e. The number of imidazole rings is 1. The highest BCUT2D eigenvalue weighted by Gasteiger charge is 2.15. The van der Waals surface area contributed by atoms with Crippen LogP contribution >= 0.6 is 11.6 Å². The molecule has 0 fully saturated rings. The van der Waals surface area contributed by atoms with Gasteiger partial charge in [-0.1, -0.05) is 61.0 Å². The predicted octanol–water partition coefficient (Wildman–Crippen LogP) is 6.31. The van der Waals surface area contributed by atoms with E-state index in [2.05, 4.69) is 36.6 Å². The molecule has 0 N–H and O–H groups in total. The van der Waals surface area contributed by atoms with Crippen molar-refractivity contribution >= 4 is 34.3 Å². The van der Waals surface area contributed by atoms with Gasteiger partial charge in [-0.3, -0.25) is 0 Å². The van der Waals surface area contributed by atoms with Gasteiger partial charge in [0.05, 0.1) is 13.2 Å². The fraction of sp³-hybridized carbons (Fsp3) is 0.250. The van der Waals surface area contributed by atoms with E-state index in [9.17, 15) is 4.79 Å². The minimum absolute atomic E-state index is 0.315. The van der Waals surface area contributed by atoms with Crippen molar-refractivity contribution in [1.29, 1.82) is 0 Å². The lowest BCUT2D eigenvalue weighted by Gasteiger charge is -2.12. The second-order valence-electron chi connectivity index (χ2n) is 8.21. The summed E-state index contributed by atoms with van der Waals surface area (Å²) in [7, 11) is 0. The van der Waals surface area contributed by atoms with Crippen LogP contribution in [0.2, 0.25) is 5.02 Å². The lowest BCUT2D eigenvalue weighted by molar-refractivity contribution is -0.137. The quantitative estimate of drug-likeness (QED) is 0.233. The summed E-state index contributed by atoms with van der Waals surface area (Å²) in [4.78, 5) is 21.9. The molecule has 0 amide bonds. The van der Waals surface area contributed by atoms with Crippen LogP contribution in [0, 0.1) is 13.8 Å². The molecule has 0 aliphatic rings. The fourth-order valence-corrected chi connectivity index (χ4v) is 4.39. The summed E-state index contributed by atoms with van der Waals surface area (Å²) in [5, 5.41) is 0.580. The maximum atomic E-state index is 12.3. The Morgan fingerprint density at radius 1 is 1.06 bits per heavy atom. The highest BCUT2D eigenvalue weighted by Crippen LogP contribution is 2.30. The van der Waals surface area contributed by atoms with E-state index in [1.807, 2.05) is 43.3 Å². The first-order chi connectivity index (χ1) is 16.4. The first-order valence-corrected chi connectivity index (χ1v) is 11.8. The third-order valence-electron chi connectivity index (χ3n) is 5.74. The number of rotatable bonds is 7.